The maximum Gasteiger partial charge on any atom is 0.0914 e. The first-order chi connectivity index (χ1) is 5.41. The van der Waals surface area contributed by atoms with Crippen molar-refractivity contribution in [2.45, 2.75) is 37.7 Å². The highest BCUT2D eigenvalue weighted by atomic mass is 16.6. The van der Waals surface area contributed by atoms with E-state index in [2.05, 4.69) is 0 Å². The summed E-state index contributed by atoms with van der Waals surface area (Å²) in [6.45, 7) is 2.63. The van der Waals surface area contributed by atoms with E-state index < -0.39 is 0 Å². The van der Waals surface area contributed by atoms with E-state index in [0.29, 0.717) is 0 Å². The van der Waals surface area contributed by atoms with Crippen LogP contribution in [0.3, 0.4) is 0 Å². The first kappa shape index (κ1) is 7.56. The quantitative estimate of drug-likeness (QED) is 0.532. The van der Waals surface area contributed by atoms with E-state index in [1.807, 2.05) is 0 Å². The maximum absolute atomic E-state index is 5.83. The van der Waals surface area contributed by atoms with E-state index in [0.717, 1.165) is 26.2 Å². The van der Waals surface area contributed by atoms with Crippen LogP contribution in [0.4, 0.5) is 0 Å². The zero-order valence-electron chi connectivity index (χ0n) is 6.97. The second-order valence-corrected chi connectivity index (χ2v) is 3.64. The van der Waals surface area contributed by atoms with Crippen molar-refractivity contribution < 1.29 is 9.47 Å². The van der Waals surface area contributed by atoms with Crippen LogP contribution in [-0.4, -0.2) is 25.4 Å². The van der Waals surface area contributed by atoms with E-state index in [4.69, 9.17) is 9.47 Å². The van der Waals surface area contributed by atoms with Crippen molar-refractivity contribution in [2.75, 3.05) is 19.8 Å². The van der Waals surface area contributed by atoms with Crippen LogP contribution in [0.15, 0.2) is 0 Å². The van der Waals surface area contributed by atoms with Crippen LogP contribution >= 0.6 is 0 Å². The molecule has 1 saturated carbocycles. The summed E-state index contributed by atoms with van der Waals surface area (Å²) in [6.07, 6.45) is 6.15. The molecule has 2 aliphatic rings. The molecule has 0 aromatic rings. The molecule has 1 aliphatic heterocycles. The van der Waals surface area contributed by atoms with Crippen molar-refractivity contribution in [3.05, 3.63) is 0 Å². The molecule has 11 heavy (non-hydrogen) atoms. The summed E-state index contributed by atoms with van der Waals surface area (Å²) in [5, 5.41) is 0. The van der Waals surface area contributed by atoms with Crippen LogP contribution in [-0.2, 0) is 9.47 Å². The average molecular weight is 156 g/mol. The minimum atomic E-state index is 0.135. The molecule has 0 unspecified atom stereocenters. The summed E-state index contributed by atoms with van der Waals surface area (Å²) in [5.41, 5.74) is 0.135. The molecule has 0 atom stereocenters. The molecule has 0 N–H and O–H groups in total. The van der Waals surface area contributed by atoms with Gasteiger partial charge >= 0.3 is 0 Å². The lowest BCUT2D eigenvalue weighted by Crippen LogP contribution is -2.33. The standard InChI is InChI=1S/C9H16O2/c1-2-5-9(4-1)8-10-6-3-7-11-9/h1-8H2. The summed E-state index contributed by atoms with van der Waals surface area (Å²) in [5.74, 6) is 0. The van der Waals surface area contributed by atoms with Gasteiger partial charge in [0.1, 0.15) is 0 Å². The SMILES string of the molecule is C1COCC2(CCCC2)OC1. The highest BCUT2D eigenvalue weighted by Crippen LogP contribution is 2.34. The molecule has 1 spiro atoms. The Bertz CT molecular complexity index is 118. The van der Waals surface area contributed by atoms with Crippen molar-refractivity contribution in [1.82, 2.24) is 0 Å². The zero-order valence-corrected chi connectivity index (χ0v) is 6.97. The van der Waals surface area contributed by atoms with Gasteiger partial charge in [-0.15, -0.1) is 0 Å². The highest BCUT2D eigenvalue weighted by molar-refractivity contribution is 4.87. The molecule has 0 aromatic carbocycles. The van der Waals surface area contributed by atoms with Gasteiger partial charge in [-0.1, -0.05) is 12.8 Å². The Morgan fingerprint density at radius 1 is 0.909 bits per heavy atom. The van der Waals surface area contributed by atoms with Crippen LogP contribution in [0.25, 0.3) is 0 Å². The molecule has 2 rings (SSSR count). The Kier molecular flexibility index (Phi) is 2.14. The van der Waals surface area contributed by atoms with E-state index in [1.54, 1.807) is 0 Å². The number of rotatable bonds is 0. The van der Waals surface area contributed by atoms with Gasteiger partial charge in [-0.3, -0.25) is 0 Å². The Hall–Kier alpha value is -0.0800. The molecule has 64 valence electrons. The zero-order chi connectivity index (χ0) is 7.57. The fourth-order valence-electron chi connectivity index (χ4n) is 2.06. The molecular formula is C9H16O2. The molecule has 0 radical (unpaired) electrons. The molecule has 0 bridgehead atoms. The molecule has 0 aromatic heterocycles. The van der Waals surface area contributed by atoms with Crippen LogP contribution in [0, 0.1) is 0 Å². The van der Waals surface area contributed by atoms with Crippen molar-refractivity contribution in [3.63, 3.8) is 0 Å². The lowest BCUT2D eigenvalue weighted by Gasteiger charge is -2.26. The minimum absolute atomic E-state index is 0.135. The lowest BCUT2D eigenvalue weighted by atomic mass is 10.0. The summed E-state index contributed by atoms with van der Waals surface area (Å²) in [4.78, 5) is 0. The minimum Gasteiger partial charge on any atom is -0.378 e. The van der Waals surface area contributed by atoms with Gasteiger partial charge in [0.2, 0.25) is 0 Å². The molecule has 1 heterocycles. The highest BCUT2D eigenvalue weighted by Gasteiger charge is 2.35. The van der Waals surface area contributed by atoms with Crippen LogP contribution in [0.1, 0.15) is 32.1 Å². The molecule has 2 fully saturated rings. The summed E-state index contributed by atoms with van der Waals surface area (Å²) < 4.78 is 11.3. The van der Waals surface area contributed by atoms with E-state index >= 15 is 0 Å². The fourth-order valence-corrected chi connectivity index (χ4v) is 2.06. The van der Waals surface area contributed by atoms with Crippen molar-refractivity contribution in [1.29, 1.82) is 0 Å². The largest absolute Gasteiger partial charge is 0.378 e. The third-order valence-electron chi connectivity index (χ3n) is 2.72. The molecular weight excluding hydrogens is 140 g/mol. The predicted molar refractivity (Wildman–Crippen MR) is 42.6 cm³/mol. The second kappa shape index (κ2) is 3.11. The summed E-state index contributed by atoms with van der Waals surface area (Å²) in [7, 11) is 0. The van der Waals surface area contributed by atoms with E-state index in [9.17, 15) is 0 Å². The first-order valence-electron chi connectivity index (χ1n) is 4.63. The number of ether oxygens (including phenoxy) is 2. The monoisotopic (exact) mass is 156 g/mol. The molecule has 0 amide bonds. The van der Waals surface area contributed by atoms with Crippen molar-refractivity contribution in [2.24, 2.45) is 0 Å². The molecule has 2 nitrogen and oxygen atoms in total. The van der Waals surface area contributed by atoms with Crippen molar-refractivity contribution >= 4 is 0 Å². The van der Waals surface area contributed by atoms with Gasteiger partial charge in [0.15, 0.2) is 0 Å². The molecule has 1 saturated heterocycles. The summed E-state index contributed by atoms with van der Waals surface area (Å²) >= 11 is 0. The number of hydrogen-bond donors (Lipinski definition) is 0. The Morgan fingerprint density at radius 2 is 1.73 bits per heavy atom. The first-order valence-corrected chi connectivity index (χ1v) is 4.63. The Balaban J connectivity index is 1.97. The third kappa shape index (κ3) is 1.57. The van der Waals surface area contributed by atoms with E-state index in [-0.39, 0.29) is 5.60 Å². The molecule has 1 aliphatic carbocycles. The van der Waals surface area contributed by atoms with E-state index in [1.165, 1.54) is 25.7 Å². The van der Waals surface area contributed by atoms with Gasteiger partial charge in [-0.05, 0) is 19.3 Å². The topological polar surface area (TPSA) is 18.5 Å². The number of hydrogen-bond acceptors (Lipinski definition) is 2. The molecule has 2 heteroatoms. The normalized spacial score (nSPS) is 30.5. The fraction of sp³-hybridized carbons (Fsp3) is 1.00. The van der Waals surface area contributed by atoms with Gasteiger partial charge < -0.3 is 9.47 Å². The van der Waals surface area contributed by atoms with Gasteiger partial charge in [-0.25, -0.2) is 0 Å². The van der Waals surface area contributed by atoms with Gasteiger partial charge in [0.05, 0.1) is 12.2 Å². The average Bonchev–Trinajstić information content (AvgIpc) is 2.32. The van der Waals surface area contributed by atoms with Crippen molar-refractivity contribution in [3.8, 4) is 0 Å². The second-order valence-electron chi connectivity index (χ2n) is 3.64. The third-order valence-corrected chi connectivity index (χ3v) is 2.72. The predicted octanol–water partition coefficient (Wildman–Crippen LogP) is 1.74. The smallest absolute Gasteiger partial charge is 0.0914 e. The van der Waals surface area contributed by atoms with Crippen LogP contribution in [0.2, 0.25) is 0 Å². The van der Waals surface area contributed by atoms with Gasteiger partial charge in [-0.2, -0.15) is 0 Å². The maximum atomic E-state index is 5.83. The Morgan fingerprint density at radius 3 is 2.55 bits per heavy atom. The Labute approximate surface area is 67.9 Å². The van der Waals surface area contributed by atoms with Crippen LogP contribution in [0.5, 0.6) is 0 Å². The van der Waals surface area contributed by atoms with Gasteiger partial charge in [0.25, 0.3) is 0 Å². The lowest BCUT2D eigenvalue weighted by molar-refractivity contribution is -0.0628. The van der Waals surface area contributed by atoms with Gasteiger partial charge in [0, 0.05) is 13.2 Å². The van der Waals surface area contributed by atoms with Crippen LogP contribution < -0.4 is 0 Å². The summed E-state index contributed by atoms with van der Waals surface area (Å²) in [6, 6.07) is 0.